The Hall–Kier alpha value is -0.660. The fourth-order valence-electron chi connectivity index (χ4n) is 1.38. The number of aliphatic hydroxyl groups is 1. The highest BCUT2D eigenvalue weighted by Crippen LogP contribution is 2.16. The zero-order valence-electron chi connectivity index (χ0n) is 10.9. The Morgan fingerprint density at radius 2 is 2.16 bits per heavy atom. The van der Waals surface area contributed by atoms with E-state index in [1.54, 1.807) is 19.1 Å². The molecule has 0 amide bonds. The maximum Gasteiger partial charge on any atom is 0.240 e. The number of rotatable bonds is 7. The highest BCUT2D eigenvalue weighted by Gasteiger charge is 2.24. The van der Waals surface area contributed by atoms with E-state index in [4.69, 9.17) is 16.3 Å². The average molecular weight is 308 g/mol. The molecule has 2 N–H and O–H groups in total. The van der Waals surface area contributed by atoms with Crippen LogP contribution in [0.1, 0.15) is 13.3 Å². The average Bonchev–Trinajstić information content (AvgIpc) is 2.34. The van der Waals surface area contributed by atoms with E-state index in [2.05, 4.69) is 4.72 Å². The molecule has 0 aliphatic carbocycles. The third-order valence-corrected chi connectivity index (χ3v) is 4.23. The van der Waals surface area contributed by atoms with Crippen LogP contribution in [0.3, 0.4) is 0 Å². The fourth-order valence-corrected chi connectivity index (χ4v) is 2.84. The van der Waals surface area contributed by atoms with Gasteiger partial charge < -0.3 is 9.84 Å². The number of methoxy groups -OCH3 is 1. The van der Waals surface area contributed by atoms with Crippen molar-refractivity contribution in [3.63, 3.8) is 0 Å². The van der Waals surface area contributed by atoms with Gasteiger partial charge in [-0.1, -0.05) is 17.7 Å². The molecule has 1 aromatic carbocycles. The zero-order valence-corrected chi connectivity index (χ0v) is 12.5. The van der Waals surface area contributed by atoms with Crippen LogP contribution in [0.5, 0.6) is 0 Å². The van der Waals surface area contributed by atoms with Crippen LogP contribution in [0.4, 0.5) is 0 Å². The number of benzene rings is 1. The molecule has 1 unspecified atom stereocenters. The third kappa shape index (κ3) is 5.46. The lowest BCUT2D eigenvalue weighted by Crippen LogP contribution is -2.41. The molecule has 0 saturated heterocycles. The number of ether oxygens (including phenoxy) is 1. The van der Waals surface area contributed by atoms with Gasteiger partial charge in [-0.2, -0.15) is 0 Å². The van der Waals surface area contributed by atoms with Gasteiger partial charge in [0, 0.05) is 31.7 Å². The van der Waals surface area contributed by atoms with Crippen LogP contribution in [0, 0.1) is 0 Å². The zero-order chi connectivity index (χ0) is 14.5. The van der Waals surface area contributed by atoms with Crippen molar-refractivity contribution in [2.24, 2.45) is 0 Å². The summed E-state index contributed by atoms with van der Waals surface area (Å²) in [7, 11) is -2.16. The molecule has 0 spiro atoms. The van der Waals surface area contributed by atoms with Crippen molar-refractivity contribution in [1.82, 2.24) is 4.72 Å². The van der Waals surface area contributed by atoms with Gasteiger partial charge >= 0.3 is 0 Å². The van der Waals surface area contributed by atoms with E-state index in [0.717, 1.165) is 0 Å². The second-order valence-electron chi connectivity index (χ2n) is 4.52. The Bertz CT molecular complexity index is 516. The molecular weight excluding hydrogens is 290 g/mol. The van der Waals surface area contributed by atoms with Crippen LogP contribution in [0.15, 0.2) is 29.2 Å². The first-order valence-corrected chi connectivity index (χ1v) is 7.59. The maximum atomic E-state index is 12.0. The largest absolute Gasteiger partial charge is 0.389 e. The number of hydrogen-bond donors (Lipinski definition) is 2. The van der Waals surface area contributed by atoms with Crippen LogP contribution in [0.25, 0.3) is 0 Å². The summed E-state index contributed by atoms with van der Waals surface area (Å²) in [5, 5.41) is 10.3. The van der Waals surface area contributed by atoms with Crippen molar-refractivity contribution in [3.05, 3.63) is 29.3 Å². The van der Waals surface area contributed by atoms with Gasteiger partial charge in [-0.3, -0.25) is 0 Å². The molecule has 0 bridgehead atoms. The smallest absolute Gasteiger partial charge is 0.240 e. The summed E-state index contributed by atoms with van der Waals surface area (Å²) in [5.41, 5.74) is -1.17. The molecule has 0 radical (unpaired) electrons. The predicted octanol–water partition coefficient (Wildman–Crippen LogP) is 1.41. The van der Waals surface area contributed by atoms with E-state index < -0.39 is 15.6 Å². The van der Waals surface area contributed by atoms with E-state index in [-0.39, 0.29) is 11.4 Å². The summed E-state index contributed by atoms with van der Waals surface area (Å²) in [6.07, 6.45) is 0.335. The van der Waals surface area contributed by atoms with E-state index >= 15 is 0 Å². The van der Waals surface area contributed by atoms with Crippen molar-refractivity contribution in [1.29, 1.82) is 0 Å². The van der Waals surface area contributed by atoms with Crippen LogP contribution in [0.2, 0.25) is 5.02 Å². The minimum absolute atomic E-state index is 0.0718. The van der Waals surface area contributed by atoms with Gasteiger partial charge in [-0.25, -0.2) is 13.1 Å². The minimum atomic E-state index is -3.68. The summed E-state index contributed by atoms with van der Waals surface area (Å²) < 4.78 is 31.2. The van der Waals surface area contributed by atoms with Crippen LogP contribution in [-0.2, 0) is 14.8 Å². The molecular formula is C12H18ClNO4S. The van der Waals surface area contributed by atoms with Gasteiger partial charge in [0.05, 0.1) is 10.5 Å². The molecule has 1 rings (SSSR count). The fraction of sp³-hybridized carbons (Fsp3) is 0.500. The maximum absolute atomic E-state index is 12.0. The lowest BCUT2D eigenvalue weighted by molar-refractivity contribution is 0.0292. The monoisotopic (exact) mass is 307 g/mol. The lowest BCUT2D eigenvalue weighted by atomic mass is 10.0. The van der Waals surface area contributed by atoms with E-state index in [1.807, 2.05) is 0 Å². The first kappa shape index (κ1) is 16.4. The van der Waals surface area contributed by atoms with Crippen molar-refractivity contribution in [3.8, 4) is 0 Å². The SMILES string of the molecule is COCCC(C)(O)CNS(=O)(=O)c1cccc(Cl)c1. The van der Waals surface area contributed by atoms with Gasteiger partial charge in [0.1, 0.15) is 0 Å². The second kappa shape index (κ2) is 6.67. The van der Waals surface area contributed by atoms with Crippen LogP contribution >= 0.6 is 11.6 Å². The minimum Gasteiger partial charge on any atom is -0.389 e. The van der Waals surface area contributed by atoms with Gasteiger partial charge in [0.15, 0.2) is 0 Å². The quantitative estimate of drug-likeness (QED) is 0.798. The predicted molar refractivity (Wildman–Crippen MR) is 73.8 cm³/mol. The summed E-state index contributed by atoms with van der Waals surface area (Å²) in [6, 6.07) is 5.95. The van der Waals surface area contributed by atoms with Crippen molar-refractivity contribution in [2.45, 2.75) is 23.8 Å². The molecule has 0 aliphatic heterocycles. The Kier molecular flexibility index (Phi) is 5.76. The molecule has 1 atom stereocenters. The summed E-state index contributed by atoms with van der Waals surface area (Å²) in [4.78, 5) is 0.0718. The molecule has 1 aromatic rings. The van der Waals surface area contributed by atoms with Crippen molar-refractivity contribution >= 4 is 21.6 Å². The van der Waals surface area contributed by atoms with Crippen molar-refractivity contribution < 1.29 is 18.3 Å². The number of halogens is 1. The summed E-state index contributed by atoms with van der Waals surface area (Å²) >= 11 is 5.75. The van der Waals surface area contributed by atoms with Gasteiger partial charge in [-0.05, 0) is 25.1 Å². The Balaban J connectivity index is 2.71. The molecule has 108 valence electrons. The van der Waals surface area contributed by atoms with E-state index in [0.29, 0.717) is 18.1 Å². The van der Waals surface area contributed by atoms with Crippen LogP contribution < -0.4 is 4.72 Å². The van der Waals surface area contributed by atoms with Crippen LogP contribution in [-0.4, -0.2) is 39.4 Å². The lowest BCUT2D eigenvalue weighted by Gasteiger charge is -2.23. The van der Waals surface area contributed by atoms with E-state index in [9.17, 15) is 13.5 Å². The second-order valence-corrected chi connectivity index (χ2v) is 6.73. The Morgan fingerprint density at radius 1 is 1.47 bits per heavy atom. The Morgan fingerprint density at radius 3 is 2.74 bits per heavy atom. The molecule has 0 heterocycles. The normalized spacial score (nSPS) is 15.2. The number of hydrogen-bond acceptors (Lipinski definition) is 4. The molecule has 0 aromatic heterocycles. The first-order valence-electron chi connectivity index (χ1n) is 5.73. The third-order valence-electron chi connectivity index (χ3n) is 2.59. The molecule has 0 fully saturated rings. The van der Waals surface area contributed by atoms with Gasteiger partial charge in [0.2, 0.25) is 10.0 Å². The highest BCUT2D eigenvalue weighted by atomic mass is 35.5. The topological polar surface area (TPSA) is 75.6 Å². The summed E-state index contributed by atoms with van der Waals surface area (Å²) in [5.74, 6) is 0. The standard InChI is InChI=1S/C12H18ClNO4S/c1-12(15,6-7-18-2)9-14-19(16,17)11-5-3-4-10(13)8-11/h3-5,8,14-15H,6-7,9H2,1-2H3. The molecule has 19 heavy (non-hydrogen) atoms. The highest BCUT2D eigenvalue weighted by molar-refractivity contribution is 7.89. The van der Waals surface area contributed by atoms with Crippen molar-refractivity contribution in [2.75, 3.05) is 20.3 Å². The van der Waals surface area contributed by atoms with E-state index in [1.165, 1.54) is 19.2 Å². The van der Waals surface area contributed by atoms with Gasteiger partial charge in [0.25, 0.3) is 0 Å². The number of nitrogens with one attached hydrogen (secondary N) is 1. The van der Waals surface area contributed by atoms with Gasteiger partial charge in [-0.15, -0.1) is 0 Å². The summed E-state index contributed by atoms with van der Waals surface area (Å²) in [6.45, 7) is 1.81. The Labute approximate surface area is 118 Å². The molecule has 7 heteroatoms. The molecule has 0 saturated carbocycles. The first-order chi connectivity index (χ1) is 8.77. The molecule has 0 aliphatic rings. The number of sulfonamides is 1. The molecule has 5 nitrogen and oxygen atoms in total.